The molecule has 5 aromatic carbocycles. The largest absolute Gasteiger partial charge is 0.300 e. The number of aromatic nitrogens is 3. The van der Waals surface area contributed by atoms with E-state index in [1.165, 1.54) is 108 Å². The Bertz CT molecular complexity index is 3040. The first-order chi connectivity index (χ1) is 29.4. The highest BCUT2D eigenvalue weighted by molar-refractivity contribution is 7.25. The average Bonchev–Trinajstić information content (AvgIpc) is 3.98. The van der Waals surface area contributed by atoms with E-state index in [0.29, 0.717) is 5.92 Å². The number of nitrogens with zero attached hydrogens (tertiary/aromatic N) is 3. The molecular weight excluding hydrogens is 775 g/mol. The summed E-state index contributed by atoms with van der Waals surface area (Å²) in [6.07, 6.45) is 12.3. The number of para-hydroxylation sites is 2. The molecule has 2 atom stereocenters. The van der Waals surface area contributed by atoms with Crippen molar-refractivity contribution in [3.63, 3.8) is 0 Å². The maximum absolute atomic E-state index is 5.13. The van der Waals surface area contributed by atoms with Gasteiger partial charge in [-0.25, -0.2) is 0 Å². The predicted molar refractivity (Wildman–Crippen MR) is 261 cm³/mol. The van der Waals surface area contributed by atoms with Gasteiger partial charge in [0.15, 0.2) is 23.3 Å². The molecule has 0 bridgehead atoms. The summed E-state index contributed by atoms with van der Waals surface area (Å²) in [5, 5.41) is 4.37. The molecule has 11 rings (SSSR count). The first-order valence-electron chi connectivity index (χ1n) is 22.9. The summed E-state index contributed by atoms with van der Waals surface area (Å²) in [6, 6.07) is 44.8. The van der Waals surface area contributed by atoms with Gasteiger partial charge in [-0.05, 0) is 101 Å². The Kier molecular flexibility index (Phi) is 9.22. The highest BCUT2D eigenvalue weighted by Gasteiger charge is 2.45. The second kappa shape index (κ2) is 14.5. The van der Waals surface area contributed by atoms with Crippen molar-refractivity contribution in [3.8, 4) is 28.3 Å². The van der Waals surface area contributed by atoms with Crippen molar-refractivity contribution in [1.29, 1.82) is 0 Å². The number of allylic oxidation sites excluding steroid dienone is 1. The number of thiophene rings is 1. The predicted octanol–water partition coefficient (Wildman–Crippen LogP) is 13.6. The molecule has 306 valence electrons. The van der Waals surface area contributed by atoms with Crippen molar-refractivity contribution in [1.82, 2.24) is 4.57 Å². The number of hydrogen-bond acceptors (Lipinski definition) is 1. The zero-order chi connectivity index (χ0) is 41.8. The lowest BCUT2D eigenvalue weighted by molar-refractivity contribution is -0.716. The lowest BCUT2D eigenvalue weighted by atomic mass is 9.77. The number of hydrogen-bond donors (Lipinski definition) is 0. The molecule has 5 heteroatoms. The van der Waals surface area contributed by atoms with E-state index in [9.17, 15) is 0 Å². The van der Waals surface area contributed by atoms with Crippen LogP contribution in [-0.4, -0.2) is 12.6 Å². The molecule has 0 radical (unpaired) electrons. The van der Waals surface area contributed by atoms with Crippen LogP contribution in [0.4, 0.5) is 0 Å². The maximum atomic E-state index is 5.13. The van der Waals surface area contributed by atoms with E-state index < -0.39 is 8.07 Å². The van der Waals surface area contributed by atoms with Crippen LogP contribution in [0.3, 0.4) is 0 Å². The molecule has 0 saturated heterocycles. The summed E-state index contributed by atoms with van der Waals surface area (Å²) in [4.78, 5) is 0. The number of rotatable bonds is 4. The Morgan fingerprint density at radius 1 is 0.770 bits per heavy atom. The first-order valence-corrected chi connectivity index (χ1v) is 27.2. The summed E-state index contributed by atoms with van der Waals surface area (Å²) < 4.78 is 10.5. The van der Waals surface area contributed by atoms with Gasteiger partial charge in [0.05, 0.1) is 20.1 Å². The van der Waals surface area contributed by atoms with Gasteiger partial charge in [0.25, 0.3) is 5.82 Å². The van der Waals surface area contributed by atoms with Gasteiger partial charge in [0.2, 0.25) is 5.69 Å². The van der Waals surface area contributed by atoms with Gasteiger partial charge in [0.1, 0.15) is 11.4 Å². The fourth-order valence-electron chi connectivity index (χ4n) is 11.5. The molecule has 8 aromatic rings. The molecule has 1 fully saturated rings. The Balaban J connectivity index is 1.17. The van der Waals surface area contributed by atoms with Gasteiger partial charge < -0.3 is 0 Å². The minimum atomic E-state index is -1.70. The minimum Gasteiger partial charge on any atom is -0.195 e. The van der Waals surface area contributed by atoms with Gasteiger partial charge in [-0.15, -0.1) is 11.3 Å². The molecule has 61 heavy (non-hydrogen) atoms. The van der Waals surface area contributed by atoms with Gasteiger partial charge in [-0.2, -0.15) is 13.7 Å². The normalized spacial score (nSPS) is 18.2. The van der Waals surface area contributed by atoms with Crippen molar-refractivity contribution >= 4 is 61.5 Å². The van der Waals surface area contributed by atoms with E-state index in [4.69, 9.17) is 6.58 Å². The van der Waals surface area contributed by atoms with Crippen LogP contribution in [0.15, 0.2) is 128 Å². The van der Waals surface area contributed by atoms with Crippen LogP contribution in [0, 0.1) is 5.92 Å². The Hall–Kier alpha value is -5.10. The number of pyridine rings is 1. The van der Waals surface area contributed by atoms with Crippen molar-refractivity contribution < 1.29 is 9.13 Å². The second-order valence-corrected chi connectivity index (χ2v) is 26.7. The number of benzene rings is 5. The third kappa shape index (κ3) is 6.49. The van der Waals surface area contributed by atoms with E-state index in [2.05, 4.69) is 176 Å². The van der Waals surface area contributed by atoms with E-state index in [1.807, 2.05) is 11.3 Å². The molecule has 0 N–H and O–H groups in total. The number of aryl methyl sites for hydroxylation is 1. The van der Waals surface area contributed by atoms with Crippen molar-refractivity contribution in [2.45, 2.75) is 109 Å². The summed E-state index contributed by atoms with van der Waals surface area (Å²) in [5.74, 6) is 2.35. The Morgan fingerprint density at radius 3 is 2.30 bits per heavy atom. The SMILES string of the molecule is C=C1CC2C(CCc3cc4c(cc3-c3n1c1ccccc1[n+]3-c1ccc(C(C)(C)C)cc1)sc1ccccc14)c1ccccc1-c1cc(CC3CCCC3)c([Si](C)(C)C)c[n+]12. The molecular formula is C56H59N3SSi+2. The van der Waals surface area contributed by atoms with E-state index in [1.54, 1.807) is 10.8 Å². The van der Waals surface area contributed by atoms with Crippen LogP contribution < -0.4 is 14.3 Å². The topological polar surface area (TPSA) is 12.7 Å². The molecule has 0 spiro atoms. The van der Waals surface area contributed by atoms with Gasteiger partial charge in [0, 0.05) is 42.9 Å². The molecule has 3 aliphatic rings. The van der Waals surface area contributed by atoms with Crippen LogP contribution in [0.1, 0.15) is 93.5 Å². The summed E-state index contributed by atoms with van der Waals surface area (Å²) in [7, 11) is -1.70. The first kappa shape index (κ1) is 38.8. The molecule has 1 aliphatic carbocycles. The minimum absolute atomic E-state index is 0.0699. The third-order valence-electron chi connectivity index (χ3n) is 14.6. The summed E-state index contributed by atoms with van der Waals surface area (Å²) in [6.45, 7) is 19.7. The van der Waals surface area contributed by atoms with Crippen LogP contribution >= 0.6 is 11.3 Å². The molecule has 0 amide bonds. The molecule has 2 aliphatic heterocycles. The van der Waals surface area contributed by atoms with E-state index in [0.717, 1.165) is 30.9 Å². The Labute approximate surface area is 367 Å². The summed E-state index contributed by atoms with van der Waals surface area (Å²) >= 11 is 1.92. The summed E-state index contributed by atoms with van der Waals surface area (Å²) in [5.41, 5.74) is 14.8. The van der Waals surface area contributed by atoms with Crippen LogP contribution in [-0.2, 0) is 18.3 Å². The molecule has 2 unspecified atom stereocenters. The van der Waals surface area contributed by atoms with Crippen molar-refractivity contribution in [2.75, 3.05) is 0 Å². The molecule has 5 heterocycles. The zero-order valence-electron chi connectivity index (χ0n) is 36.9. The fourth-order valence-corrected chi connectivity index (χ4v) is 14.3. The molecule has 1 saturated carbocycles. The standard InChI is InChI=1S/C56H59N3SSi/c1-36-30-50-44(42-18-10-11-19-43(42)51-33-39(31-37-16-8-9-17-37)54(35-57(50)51)61(5,6)7)29-24-38-32-47-45-20-12-15-23-52(45)60-53(47)34-46(38)55-58(36)48-21-13-14-22-49(48)59(55)41-27-25-40(26-28-41)56(2,3)4/h10-15,18-23,25-28,32-35,37,44,50H,1,8-9,16-17,24,29-31H2,2-7H3/q+2. The highest BCUT2D eigenvalue weighted by Crippen LogP contribution is 2.47. The Morgan fingerprint density at radius 2 is 1.51 bits per heavy atom. The molecule has 3 nitrogen and oxygen atoms in total. The number of imidazole rings is 1. The van der Waals surface area contributed by atoms with Crippen LogP contribution in [0.2, 0.25) is 19.6 Å². The van der Waals surface area contributed by atoms with Crippen molar-refractivity contribution in [2.24, 2.45) is 5.92 Å². The fraction of sp³-hybridized carbons (Fsp3) is 0.321. The maximum Gasteiger partial charge on any atom is 0.300 e. The van der Waals surface area contributed by atoms with Crippen LogP contribution in [0.5, 0.6) is 0 Å². The lowest BCUT2D eigenvalue weighted by Crippen LogP contribution is -2.54. The highest BCUT2D eigenvalue weighted by atomic mass is 32.1. The second-order valence-electron chi connectivity index (χ2n) is 20.6. The zero-order valence-corrected chi connectivity index (χ0v) is 38.7. The van der Waals surface area contributed by atoms with E-state index in [-0.39, 0.29) is 11.5 Å². The van der Waals surface area contributed by atoms with Crippen LogP contribution in [0.25, 0.3) is 65.2 Å². The van der Waals surface area contributed by atoms with Gasteiger partial charge in [-0.3, -0.25) is 0 Å². The average molecular weight is 834 g/mol. The lowest BCUT2D eigenvalue weighted by Gasteiger charge is -2.33. The monoisotopic (exact) mass is 833 g/mol. The smallest absolute Gasteiger partial charge is 0.195 e. The third-order valence-corrected chi connectivity index (χ3v) is 17.8. The van der Waals surface area contributed by atoms with E-state index >= 15 is 0 Å². The molecule has 3 aromatic heterocycles. The number of fused-ring (bicyclic) bond motifs is 14. The van der Waals surface area contributed by atoms with Gasteiger partial charge >= 0.3 is 0 Å². The van der Waals surface area contributed by atoms with Crippen molar-refractivity contribution in [3.05, 3.63) is 150 Å². The quantitative estimate of drug-likeness (QED) is 0.124. The van der Waals surface area contributed by atoms with Gasteiger partial charge in [-0.1, -0.05) is 133 Å².